The molecule has 17 heavy (non-hydrogen) atoms. The zero-order chi connectivity index (χ0) is 12.4. The topological polar surface area (TPSA) is 61.4 Å². The third kappa shape index (κ3) is 2.94. The second kappa shape index (κ2) is 5.00. The maximum atomic E-state index is 13.0. The molecule has 1 aromatic rings. The van der Waals surface area contributed by atoms with Gasteiger partial charge >= 0.3 is 5.97 Å². The summed E-state index contributed by atoms with van der Waals surface area (Å²) in [6.07, 6.45) is 0.687. The Bertz CT molecular complexity index is 441. The number of halogens is 2. The summed E-state index contributed by atoms with van der Waals surface area (Å²) in [5.41, 5.74) is 6.73. The van der Waals surface area contributed by atoms with Crippen LogP contribution >= 0.6 is 11.6 Å². The predicted octanol–water partition coefficient (Wildman–Crippen LogP) is 1.86. The first-order chi connectivity index (χ1) is 8.06. The van der Waals surface area contributed by atoms with Crippen molar-refractivity contribution >= 4 is 17.6 Å². The molecule has 0 spiro atoms. The van der Waals surface area contributed by atoms with E-state index in [1.807, 2.05) is 0 Å². The summed E-state index contributed by atoms with van der Waals surface area (Å²) in [4.78, 5) is 10.6. The summed E-state index contributed by atoms with van der Waals surface area (Å²) in [5.74, 6) is -1.30. The van der Waals surface area contributed by atoms with Gasteiger partial charge in [-0.2, -0.15) is 0 Å². The number of benzene rings is 1. The van der Waals surface area contributed by atoms with E-state index >= 15 is 0 Å². The van der Waals surface area contributed by atoms with Crippen molar-refractivity contribution in [1.29, 1.82) is 0 Å². The van der Waals surface area contributed by atoms with E-state index < -0.39 is 11.8 Å². The first-order valence-corrected chi connectivity index (χ1v) is 5.62. The first kappa shape index (κ1) is 12.3. The van der Waals surface area contributed by atoms with E-state index in [0.29, 0.717) is 6.42 Å². The van der Waals surface area contributed by atoms with E-state index in [2.05, 4.69) is 10.9 Å². The molecule has 0 amide bonds. The lowest BCUT2D eigenvalue weighted by Gasteiger charge is -2.10. The van der Waals surface area contributed by atoms with Crippen LogP contribution in [0.4, 0.5) is 4.39 Å². The highest BCUT2D eigenvalue weighted by molar-refractivity contribution is 6.30. The van der Waals surface area contributed by atoms with Gasteiger partial charge in [-0.15, -0.1) is 0 Å². The Morgan fingerprint density at radius 2 is 2.29 bits per heavy atom. The lowest BCUT2D eigenvalue weighted by Crippen LogP contribution is -2.32. The minimum Gasteiger partial charge on any atom is -0.481 e. The van der Waals surface area contributed by atoms with E-state index in [1.165, 1.54) is 6.07 Å². The van der Waals surface area contributed by atoms with Crippen LogP contribution in [-0.2, 0) is 4.79 Å². The van der Waals surface area contributed by atoms with Crippen LogP contribution in [0.1, 0.15) is 24.4 Å². The zero-order valence-electron chi connectivity index (χ0n) is 8.91. The minimum atomic E-state index is -0.845. The Morgan fingerprint density at radius 3 is 2.94 bits per heavy atom. The summed E-state index contributed by atoms with van der Waals surface area (Å²) < 4.78 is 13.0. The third-order valence-corrected chi connectivity index (χ3v) is 3.04. The van der Waals surface area contributed by atoms with Gasteiger partial charge in [-0.05, 0) is 24.1 Å². The van der Waals surface area contributed by atoms with Gasteiger partial charge in [0.15, 0.2) is 0 Å². The summed E-state index contributed by atoms with van der Waals surface area (Å²) in [7, 11) is 0. The maximum absolute atomic E-state index is 13.0. The van der Waals surface area contributed by atoms with Gasteiger partial charge in [0.05, 0.1) is 11.4 Å². The molecule has 1 aliphatic heterocycles. The molecule has 0 bridgehead atoms. The molecule has 1 saturated heterocycles. The first-order valence-electron chi connectivity index (χ1n) is 5.24. The Labute approximate surface area is 103 Å². The van der Waals surface area contributed by atoms with Gasteiger partial charge in [0.1, 0.15) is 5.82 Å². The second-order valence-electron chi connectivity index (χ2n) is 4.05. The van der Waals surface area contributed by atoms with Crippen molar-refractivity contribution in [1.82, 2.24) is 10.9 Å². The normalized spacial score (nSPS) is 23.9. The van der Waals surface area contributed by atoms with Crippen molar-refractivity contribution in [3.05, 3.63) is 34.6 Å². The number of nitrogens with one attached hydrogen (secondary N) is 2. The molecule has 0 aromatic heterocycles. The van der Waals surface area contributed by atoms with E-state index in [0.717, 1.165) is 5.56 Å². The lowest BCUT2D eigenvalue weighted by atomic mass is 10.0. The molecular weight excluding hydrogens is 247 g/mol. The average Bonchev–Trinajstić information content (AvgIpc) is 2.69. The van der Waals surface area contributed by atoms with Crippen molar-refractivity contribution in [2.45, 2.75) is 24.9 Å². The zero-order valence-corrected chi connectivity index (χ0v) is 9.67. The van der Waals surface area contributed by atoms with Crippen molar-refractivity contribution < 1.29 is 14.3 Å². The Morgan fingerprint density at radius 1 is 1.53 bits per heavy atom. The van der Waals surface area contributed by atoms with Gasteiger partial charge < -0.3 is 5.11 Å². The van der Waals surface area contributed by atoms with Gasteiger partial charge in [-0.3, -0.25) is 10.2 Å². The van der Waals surface area contributed by atoms with Gasteiger partial charge in [0.2, 0.25) is 0 Å². The smallest absolute Gasteiger partial charge is 0.304 e. The molecule has 0 aliphatic carbocycles. The van der Waals surface area contributed by atoms with Crippen molar-refractivity contribution in [2.75, 3.05) is 0 Å². The fraction of sp³-hybridized carbons (Fsp3) is 0.364. The number of hydrogen-bond acceptors (Lipinski definition) is 3. The predicted molar refractivity (Wildman–Crippen MR) is 61.1 cm³/mol. The van der Waals surface area contributed by atoms with Gasteiger partial charge in [-0.1, -0.05) is 17.7 Å². The monoisotopic (exact) mass is 258 g/mol. The Balaban J connectivity index is 2.04. The van der Waals surface area contributed by atoms with Crippen LogP contribution in [0.25, 0.3) is 0 Å². The van der Waals surface area contributed by atoms with Crippen LogP contribution in [-0.4, -0.2) is 17.1 Å². The summed E-state index contributed by atoms with van der Waals surface area (Å²) in [6.45, 7) is 0. The number of carboxylic acid groups (broad SMARTS) is 1. The average molecular weight is 259 g/mol. The summed E-state index contributed by atoms with van der Waals surface area (Å²) >= 11 is 5.70. The number of aliphatic carboxylic acids is 1. The fourth-order valence-corrected chi connectivity index (χ4v) is 2.10. The molecule has 2 atom stereocenters. The molecular formula is C11H12ClFN2O2. The molecule has 1 aromatic carbocycles. The van der Waals surface area contributed by atoms with Crippen LogP contribution in [0.2, 0.25) is 5.02 Å². The third-order valence-electron chi connectivity index (χ3n) is 2.75. The number of hydrogen-bond donors (Lipinski definition) is 3. The highest BCUT2D eigenvalue weighted by atomic mass is 35.5. The number of carboxylic acids is 1. The molecule has 3 N–H and O–H groups in total. The van der Waals surface area contributed by atoms with Crippen LogP contribution in [0, 0.1) is 5.82 Å². The highest BCUT2D eigenvalue weighted by Gasteiger charge is 2.26. The van der Waals surface area contributed by atoms with Crippen LogP contribution in [0.3, 0.4) is 0 Å². The molecule has 4 nitrogen and oxygen atoms in total. The largest absolute Gasteiger partial charge is 0.481 e. The van der Waals surface area contributed by atoms with Crippen molar-refractivity contribution in [3.63, 3.8) is 0 Å². The van der Waals surface area contributed by atoms with Crippen molar-refractivity contribution in [3.8, 4) is 0 Å². The molecule has 6 heteroatoms. The Hall–Kier alpha value is -1.17. The highest BCUT2D eigenvalue weighted by Crippen LogP contribution is 2.26. The molecule has 92 valence electrons. The molecule has 1 fully saturated rings. The van der Waals surface area contributed by atoms with Gasteiger partial charge in [0.25, 0.3) is 0 Å². The lowest BCUT2D eigenvalue weighted by molar-refractivity contribution is -0.137. The number of rotatable bonds is 3. The summed E-state index contributed by atoms with van der Waals surface area (Å²) in [6, 6.07) is 4.34. The quantitative estimate of drug-likeness (QED) is 0.775. The maximum Gasteiger partial charge on any atom is 0.304 e. The van der Waals surface area contributed by atoms with Gasteiger partial charge in [-0.25, -0.2) is 9.82 Å². The number of carbonyl (C=O) groups is 1. The standard InChI is InChI=1S/C11H12ClFN2O2/c12-8-3-6(1-2-9(8)13)10-4-7(14-15-10)5-11(16)17/h1-3,7,10,14-15H,4-5H2,(H,16,17). The number of hydrazine groups is 1. The van der Waals surface area contributed by atoms with E-state index in [1.54, 1.807) is 12.1 Å². The molecule has 1 aliphatic rings. The van der Waals surface area contributed by atoms with E-state index in [4.69, 9.17) is 16.7 Å². The SMILES string of the molecule is O=C(O)CC1CC(c2ccc(F)c(Cl)c2)NN1. The van der Waals surface area contributed by atoms with E-state index in [-0.39, 0.29) is 23.5 Å². The Kier molecular flexibility index (Phi) is 3.61. The van der Waals surface area contributed by atoms with Crippen LogP contribution in [0.5, 0.6) is 0 Å². The van der Waals surface area contributed by atoms with Gasteiger partial charge in [0, 0.05) is 12.1 Å². The molecule has 1 heterocycles. The fourth-order valence-electron chi connectivity index (χ4n) is 1.91. The molecule has 0 radical (unpaired) electrons. The molecule has 2 rings (SSSR count). The second-order valence-corrected chi connectivity index (χ2v) is 4.45. The van der Waals surface area contributed by atoms with Crippen molar-refractivity contribution in [2.24, 2.45) is 0 Å². The van der Waals surface area contributed by atoms with E-state index in [9.17, 15) is 9.18 Å². The summed E-state index contributed by atoms with van der Waals surface area (Å²) in [5, 5.41) is 8.75. The molecule has 2 unspecified atom stereocenters. The van der Waals surface area contributed by atoms with Crippen LogP contribution in [0.15, 0.2) is 18.2 Å². The van der Waals surface area contributed by atoms with Crippen LogP contribution < -0.4 is 10.9 Å². The molecule has 0 saturated carbocycles. The minimum absolute atomic E-state index is 0.0440.